The minimum atomic E-state index is -0.558. The van der Waals surface area contributed by atoms with Crippen molar-refractivity contribution in [1.29, 1.82) is 0 Å². The number of aromatic nitrogens is 2. The lowest BCUT2D eigenvalue weighted by Crippen LogP contribution is -2.27. The van der Waals surface area contributed by atoms with Crippen LogP contribution in [0.25, 0.3) is 11.3 Å². The van der Waals surface area contributed by atoms with E-state index in [0.29, 0.717) is 22.9 Å². The number of rotatable bonds is 3. The summed E-state index contributed by atoms with van der Waals surface area (Å²) in [5.74, 6) is 1.01. The molecule has 1 aromatic carbocycles. The molecule has 1 aromatic heterocycles. The van der Waals surface area contributed by atoms with E-state index in [0.717, 1.165) is 5.56 Å². The van der Waals surface area contributed by atoms with E-state index in [2.05, 4.69) is 15.5 Å². The van der Waals surface area contributed by atoms with E-state index in [9.17, 15) is 4.79 Å². The van der Waals surface area contributed by atoms with Crippen molar-refractivity contribution in [2.75, 3.05) is 18.2 Å². The van der Waals surface area contributed by atoms with Gasteiger partial charge in [-0.3, -0.25) is 10.4 Å². The Balaban J connectivity index is 2.26. The molecule has 0 fully saturated rings. The molecule has 1 amide bonds. The SMILES string of the molecule is COc1ccc(NC(=O)OC(C)(C)C)cc1-c1cc(N)n[nH]1. The first-order chi connectivity index (χ1) is 10.3. The number of amides is 1. The van der Waals surface area contributed by atoms with E-state index in [1.165, 1.54) is 0 Å². The summed E-state index contributed by atoms with van der Waals surface area (Å²) in [5.41, 5.74) is 7.08. The maximum absolute atomic E-state index is 11.8. The Labute approximate surface area is 128 Å². The zero-order chi connectivity index (χ0) is 16.3. The maximum Gasteiger partial charge on any atom is 0.412 e. The first-order valence-electron chi connectivity index (χ1n) is 6.78. The smallest absolute Gasteiger partial charge is 0.412 e. The highest BCUT2D eigenvalue weighted by atomic mass is 16.6. The second-order valence-corrected chi connectivity index (χ2v) is 5.75. The molecular weight excluding hydrogens is 284 g/mol. The quantitative estimate of drug-likeness (QED) is 0.809. The largest absolute Gasteiger partial charge is 0.496 e. The van der Waals surface area contributed by atoms with Crippen LogP contribution in [-0.2, 0) is 4.74 Å². The van der Waals surface area contributed by atoms with E-state index in [4.69, 9.17) is 15.2 Å². The number of nitrogens with one attached hydrogen (secondary N) is 2. The van der Waals surface area contributed by atoms with Crippen LogP contribution in [0.1, 0.15) is 20.8 Å². The van der Waals surface area contributed by atoms with Crippen LogP contribution in [0.5, 0.6) is 5.75 Å². The predicted molar refractivity (Wildman–Crippen MR) is 84.8 cm³/mol. The summed E-state index contributed by atoms with van der Waals surface area (Å²) in [5, 5.41) is 9.39. The van der Waals surface area contributed by atoms with Gasteiger partial charge >= 0.3 is 6.09 Å². The number of nitrogens with two attached hydrogens (primary N) is 1. The van der Waals surface area contributed by atoms with Crippen molar-refractivity contribution in [2.24, 2.45) is 0 Å². The van der Waals surface area contributed by atoms with E-state index in [1.54, 1.807) is 52.1 Å². The monoisotopic (exact) mass is 304 g/mol. The number of methoxy groups -OCH3 is 1. The van der Waals surface area contributed by atoms with Crippen molar-refractivity contribution in [2.45, 2.75) is 26.4 Å². The second-order valence-electron chi connectivity index (χ2n) is 5.75. The average molecular weight is 304 g/mol. The molecule has 0 aliphatic carbocycles. The van der Waals surface area contributed by atoms with Crippen molar-refractivity contribution < 1.29 is 14.3 Å². The molecule has 7 nitrogen and oxygen atoms in total. The highest BCUT2D eigenvalue weighted by Gasteiger charge is 2.17. The van der Waals surface area contributed by atoms with Gasteiger partial charge in [-0.2, -0.15) is 5.10 Å². The van der Waals surface area contributed by atoms with Crippen molar-refractivity contribution in [1.82, 2.24) is 10.2 Å². The van der Waals surface area contributed by atoms with Gasteiger partial charge in [0.1, 0.15) is 17.2 Å². The molecule has 0 saturated carbocycles. The maximum atomic E-state index is 11.8. The molecule has 0 saturated heterocycles. The number of nitrogen functional groups attached to an aromatic ring is 1. The summed E-state index contributed by atoms with van der Waals surface area (Å²) in [7, 11) is 1.57. The third kappa shape index (κ3) is 3.91. The highest BCUT2D eigenvalue weighted by molar-refractivity contribution is 5.87. The van der Waals surface area contributed by atoms with E-state index < -0.39 is 11.7 Å². The van der Waals surface area contributed by atoms with Crippen LogP contribution in [-0.4, -0.2) is 29.0 Å². The number of anilines is 2. The molecule has 7 heteroatoms. The van der Waals surface area contributed by atoms with Gasteiger partial charge in [0.15, 0.2) is 0 Å². The molecule has 0 radical (unpaired) electrons. The molecule has 0 aliphatic rings. The summed E-state index contributed by atoms with van der Waals surface area (Å²) >= 11 is 0. The number of H-pyrrole nitrogens is 1. The molecule has 0 unspecified atom stereocenters. The lowest BCUT2D eigenvalue weighted by Gasteiger charge is -2.20. The average Bonchev–Trinajstić information content (AvgIpc) is 2.83. The Hall–Kier alpha value is -2.70. The normalized spacial score (nSPS) is 11.1. The second kappa shape index (κ2) is 5.97. The fourth-order valence-electron chi connectivity index (χ4n) is 1.89. The molecule has 1 heterocycles. The topological polar surface area (TPSA) is 102 Å². The van der Waals surface area contributed by atoms with Crippen LogP contribution in [0.2, 0.25) is 0 Å². The number of benzene rings is 1. The van der Waals surface area contributed by atoms with Gasteiger partial charge in [0.25, 0.3) is 0 Å². The van der Waals surface area contributed by atoms with Gasteiger partial charge in [-0.1, -0.05) is 0 Å². The fourth-order valence-corrected chi connectivity index (χ4v) is 1.89. The first-order valence-corrected chi connectivity index (χ1v) is 6.78. The minimum absolute atomic E-state index is 0.377. The third-order valence-electron chi connectivity index (χ3n) is 2.73. The van der Waals surface area contributed by atoms with E-state index in [1.807, 2.05) is 0 Å². The van der Waals surface area contributed by atoms with E-state index in [-0.39, 0.29) is 0 Å². The lowest BCUT2D eigenvalue weighted by atomic mass is 10.1. The van der Waals surface area contributed by atoms with Crippen LogP contribution in [0, 0.1) is 0 Å². The van der Waals surface area contributed by atoms with Crippen LogP contribution in [0.4, 0.5) is 16.3 Å². The summed E-state index contributed by atoms with van der Waals surface area (Å²) < 4.78 is 10.5. The highest BCUT2D eigenvalue weighted by Crippen LogP contribution is 2.32. The Kier molecular flexibility index (Phi) is 4.25. The molecule has 22 heavy (non-hydrogen) atoms. The standard InChI is InChI=1S/C15H20N4O3/c1-15(2,3)22-14(20)17-9-5-6-12(21-4)10(7-9)11-8-13(16)19-18-11/h5-8H,1-4H3,(H,17,20)(H3,16,18,19). The summed E-state index contributed by atoms with van der Waals surface area (Å²) in [6, 6.07) is 6.93. The number of aromatic amines is 1. The molecule has 0 bridgehead atoms. The van der Waals surface area contributed by atoms with Gasteiger partial charge in [0.2, 0.25) is 0 Å². The molecule has 2 aromatic rings. The fraction of sp³-hybridized carbons (Fsp3) is 0.333. The molecule has 0 aliphatic heterocycles. The van der Waals surface area contributed by atoms with Crippen molar-refractivity contribution in [3.05, 3.63) is 24.3 Å². The number of nitrogens with zero attached hydrogens (tertiary/aromatic N) is 1. The van der Waals surface area contributed by atoms with Crippen LogP contribution >= 0.6 is 0 Å². The van der Waals surface area contributed by atoms with Crippen LogP contribution < -0.4 is 15.8 Å². The van der Waals surface area contributed by atoms with E-state index >= 15 is 0 Å². The summed E-state index contributed by atoms with van der Waals surface area (Å²) in [4.78, 5) is 11.8. The molecule has 2 rings (SSSR count). The van der Waals surface area contributed by atoms with Crippen LogP contribution in [0.15, 0.2) is 24.3 Å². The summed E-state index contributed by atoms with van der Waals surface area (Å²) in [6.45, 7) is 5.41. The number of carbonyl (C=O) groups is 1. The Morgan fingerprint density at radius 1 is 1.32 bits per heavy atom. The Morgan fingerprint density at radius 2 is 2.05 bits per heavy atom. The zero-order valence-corrected chi connectivity index (χ0v) is 13.1. The molecule has 0 spiro atoms. The van der Waals surface area contributed by atoms with Gasteiger partial charge < -0.3 is 15.2 Å². The van der Waals surface area contributed by atoms with Crippen LogP contribution in [0.3, 0.4) is 0 Å². The van der Waals surface area contributed by atoms with Crippen molar-refractivity contribution in [3.63, 3.8) is 0 Å². The zero-order valence-electron chi connectivity index (χ0n) is 13.1. The molecular formula is C15H20N4O3. The van der Waals surface area contributed by atoms with Crippen molar-refractivity contribution in [3.8, 4) is 17.0 Å². The molecule has 0 atom stereocenters. The Bertz CT molecular complexity index is 674. The van der Waals surface area contributed by atoms with Crippen molar-refractivity contribution >= 4 is 17.6 Å². The van der Waals surface area contributed by atoms with Gasteiger partial charge in [-0.15, -0.1) is 0 Å². The number of hydrogen-bond donors (Lipinski definition) is 3. The third-order valence-corrected chi connectivity index (χ3v) is 2.73. The first kappa shape index (κ1) is 15.7. The number of carbonyl (C=O) groups excluding carboxylic acids is 1. The number of ether oxygens (including phenoxy) is 2. The predicted octanol–water partition coefficient (Wildman–Crippen LogP) is 3.01. The van der Waals surface area contributed by atoms with Gasteiger partial charge in [0, 0.05) is 17.3 Å². The lowest BCUT2D eigenvalue weighted by molar-refractivity contribution is 0.0636. The summed E-state index contributed by atoms with van der Waals surface area (Å²) in [6.07, 6.45) is -0.521. The minimum Gasteiger partial charge on any atom is -0.496 e. The Morgan fingerprint density at radius 3 is 2.59 bits per heavy atom. The molecule has 118 valence electrons. The molecule has 4 N–H and O–H groups in total. The van der Waals surface area contributed by atoms with Gasteiger partial charge in [0.05, 0.1) is 12.8 Å². The number of hydrogen-bond acceptors (Lipinski definition) is 5. The van der Waals surface area contributed by atoms with Gasteiger partial charge in [-0.25, -0.2) is 4.79 Å². The van der Waals surface area contributed by atoms with Gasteiger partial charge in [-0.05, 0) is 39.0 Å².